The van der Waals surface area contributed by atoms with E-state index in [9.17, 15) is 9.59 Å². The van der Waals surface area contributed by atoms with Crippen molar-refractivity contribution in [3.63, 3.8) is 0 Å². The van der Waals surface area contributed by atoms with Gasteiger partial charge in [0.25, 0.3) is 5.91 Å². The number of fused-ring (bicyclic) bond motifs is 2. The number of carbonyl (C=O) groups excluding carboxylic acids is 2. The van der Waals surface area contributed by atoms with E-state index in [-0.39, 0.29) is 24.9 Å². The van der Waals surface area contributed by atoms with E-state index in [4.69, 9.17) is 0 Å². The Labute approximate surface area is 219 Å². The Balaban J connectivity index is 1.41. The van der Waals surface area contributed by atoms with E-state index >= 15 is 0 Å². The van der Waals surface area contributed by atoms with Crippen molar-refractivity contribution in [1.82, 2.24) is 30.0 Å². The van der Waals surface area contributed by atoms with Gasteiger partial charge in [-0.15, -0.1) is 0 Å². The van der Waals surface area contributed by atoms with Crippen LogP contribution in [0.2, 0.25) is 0 Å². The summed E-state index contributed by atoms with van der Waals surface area (Å²) in [7, 11) is 3.73. The number of amides is 2. The first-order valence-electron chi connectivity index (χ1n) is 13.1. The van der Waals surface area contributed by atoms with E-state index in [1.54, 1.807) is 17.0 Å². The molecule has 198 valence electrons. The normalized spacial score (nSPS) is 13.1. The Morgan fingerprint density at radius 2 is 1.78 bits per heavy atom. The van der Waals surface area contributed by atoms with Gasteiger partial charge >= 0.3 is 0 Å². The standard InChI is InChI=1S/C28H39N7O2/c1-6-24-23-14-20(3)25(15-26(23)32(4)31-24)30-16-27(36)34(13-12-29-7-2)19-28(37)33(5)35-17-21-10-8-9-11-22(21)18-35/h8-11,14-15,29-30H,6-7,12-13,16-19H2,1-5H3. The lowest BCUT2D eigenvalue weighted by Gasteiger charge is -2.31. The minimum Gasteiger partial charge on any atom is -0.376 e. The predicted octanol–water partition coefficient (Wildman–Crippen LogP) is 2.68. The predicted molar refractivity (Wildman–Crippen MR) is 147 cm³/mol. The molecule has 0 bridgehead atoms. The number of hydrogen-bond donors (Lipinski definition) is 2. The third-order valence-corrected chi connectivity index (χ3v) is 7.13. The van der Waals surface area contributed by atoms with Crippen molar-refractivity contribution < 1.29 is 9.59 Å². The number of nitrogens with zero attached hydrogens (tertiary/aromatic N) is 5. The van der Waals surface area contributed by atoms with Gasteiger partial charge in [0.05, 0.1) is 17.8 Å². The van der Waals surface area contributed by atoms with Crippen molar-refractivity contribution in [3.05, 3.63) is 58.8 Å². The number of aryl methyl sites for hydroxylation is 3. The molecule has 3 aromatic rings. The molecule has 0 unspecified atom stereocenters. The fraction of sp³-hybridized carbons (Fsp3) is 0.464. The minimum atomic E-state index is -0.108. The van der Waals surface area contributed by atoms with E-state index in [1.165, 1.54) is 11.1 Å². The summed E-state index contributed by atoms with van der Waals surface area (Å²) < 4.78 is 1.88. The molecule has 1 aromatic heterocycles. The highest BCUT2D eigenvalue weighted by atomic mass is 16.2. The second-order valence-electron chi connectivity index (χ2n) is 9.64. The second kappa shape index (κ2) is 11.7. The number of hydrogen-bond acceptors (Lipinski definition) is 6. The first-order valence-corrected chi connectivity index (χ1v) is 13.1. The van der Waals surface area contributed by atoms with Gasteiger partial charge in [0.2, 0.25) is 5.91 Å². The van der Waals surface area contributed by atoms with Crippen LogP contribution >= 0.6 is 0 Å². The van der Waals surface area contributed by atoms with Gasteiger partial charge in [-0.05, 0) is 48.7 Å². The SMILES string of the molecule is CCNCCN(CC(=O)N(C)N1Cc2ccccc2C1)C(=O)CNc1cc2c(cc1C)c(CC)nn2C. The molecule has 2 amide bonds. The lowest BCUT2D eigenvalue weighted by molar-refractivity contribution is -0.151. The summed E-state index contributed by atoms with van der Waals surface area (Å²) in [6, 6.07) is 12.4. The lowest BCUT2D eigenvalue weighted by atomic mass is 10.1. The van der Waals surface area contributed by atoms with Gasteiger partial charge in [0, 0.05) is 51.3 Å². The number of aromatic nitrogens is 2. The Morgan fingerprint density at radius 3 is 2.43 bits per heavy atom. The van der Waals surface area contributed by atoms with Gasteiger partial charge in [-0.1, -0.05) is 38.1 Å². The molecule has 0 saturated heterocycles. The van der Waals surface area contributed by atoms with Crippen LogP contribution in [0.25, 0.3) is 10.9 Å². The summed E-state index contributed by atoms with van der Waals surface area (Å²) >= 11 is 0. The number of benzene rings is 2. The summed E-state index contributed by atoms with van der Waals surface area (Å²) in [6.45, 7) is 9.61. The van der Waals surface area contributed by atoms with Crippen molar-refractivity contribution in [3.8, 4) is 0 Å². The highest BCUT2D eigenvalue weighted by molar-refractivity contribution is 5.89. The zero-order valence-electron chi connectivity index (χ0n) is 22.7. The maximum Gasteiger partial charge on any atom is 0.256 e. The molecule has 0 spiro atoms. The molecule has 9 nitrogen and oxygen atoms in total. The van der Waals surface area contributed by atoms with E-state index < -0.39 is 0 Å². The minimum absolute atomic E-state index is 0.0366. The summed E-state index contributed by atoms with van der Waals surface area (Å²) in [4.78, 5) is 28.1. The van der Waals surface area contributed by atoms with Crippen LogP contribution in [0.15, 0.2) is 36.4 Å². The molecule has 4 rings (SSSR count). The van der Waals surface area contributed by atoms with Gasteiger partial charge in [-0.25, -0.2) is 5.01 Å². The number of carbonyl (C=O) groups is 2. The number of hydrazine groups is 1. The molecule has 1 aliphatic rings. The summed E-state index contributed by atoms with van der Waals surface area (Å²) in [5, 5.41) is 16.0. The molecule has 0 fully saturated rings. The summed E-state index contributed by atoms with van der Waals surface area (Å²) in [6.07, 6.45) is 0.870. The first kappa shape index (κ1) is 26.6. The quantitative estimate of drug-likeness (QED) is 0.390. The van der Waals surface area contributed by atoms with E-state index in [0.29, 0.717) is 26.2 Å². The van der Waals surface area contributed by atoms with Crippen LogP contribution in [0.3, 0.4) is 0 Å². The van der Waals surface area contributed by atoms with Crippen LogP contribution in [0.4, 0.5) is 5.69 Å². The highest BCUT2D eigenvalue weighted by Gasteiger charge is 2.27. The molecule has 2 N–H and O–H groups in total. The smallest absolute Gasteiger partial charge is 0.256 e. The molecule has 1 aliphatic heterocycles. The summed E-state index contributed by atoms with van der Waals surface area (Å²) in [5.41, 5.74) is 6.53. The van der Waals surface area contributed by atoms with Crippen molar-refractivity contribution >= 4 is 28.4 Å². The van der Waals surface area contributed by atoms with Crippen LogP contribution in [-0.4, -0.2) is 76.3 Å². The second-order valence-corrected chi connectivity index (χ2v) is 9.64. The van der Waals surface area contributed by atoms with E-state index in [0.717, 1.165) is 40.8 Å². The topological polar surface area (TPSA) is 85.7 Å². The summed E-state index contributed by atoms with van der Waals surface area (Å²) in [5.74, 6) is -0.208. The number of likely N-dealkylation sites (N-methyl/N-ethyl adjacent to an activating group) is 2. The molecule has 2 aromatic carbocycles. The monoisotopic (exact) mass is 505 g/mol. The average molecular weight is 506 g/mol. The Hall–Kier alpha value is -3.43. The number of rotatable bonds is 11. The maximum absolute atomic E-state index is 13.3. The molecule has 0 saturated carbocycles. The molecule has 0 radical (unpaired) electrons. The van der Waals surface area contributed by atoms with Crippen LogP contribution in [0.1, 0.15) is 36.2 Å². The average Bonchev–Trinajstić information content (AvgIpc) is 3.46. The van der Waals surface area contributed by atoms with Gasteiger partial charge in [0.15, 0.2) is 0 Å². The zero-order chi connectivity index (χ0) is 26.5. The van der Waals surface area contributed by atoms with Crippen molar-refractivity contribution in [2.45, 2.75) is 40.3 Å². The van der Waals surface area contributed by atoms with E-state index in [1.807, 2.05) is 42.7 Å². The Bertz CT molecular complexity index is 1240. The molecule has 9 heteroatoms. The first-order chi connectivity index (χ1) is 17.8. The molecule has 0 aliphatic carbocycles. The van der Waals surface area contributed by atoms with Gasteiger partial charge < -0.3 is 15.5 Å². The van der Waals surface area contributed by atoms with Crippen molar-refractivity contribution in [1.29, 1.82) is 0 Å². The van der Waals surface area contributed by atoms with Crippen molar-refractivity contribution in [2.75, 3.05) is 45.1 Å². The third-order valence-electron chi connectivity index (χ3n) is 7.13. The molecule has 37 heavy (non-hydrogen) atoms. The maximum atomic E-state index is 13.3. The fourth-order valence-electron chi connectivity index (χ4n) is 4.85. The van der Waals surface area contributed by atoms with Crippen LogP contribution in [-0.2, 0) is 36.1 Å². The Morgan fingerprint density at radius 1 is 1.08 bits per heavy atom. The third kappa shape index (κ3) is 5.94. The van der Waals surface area contributed by atoms with Crippen LogP contribution in [0, 0.1) is 6.92 Å². The Kier molecular flexibility index (Phi) is 8.45. The molecular formula is C28H39N7O2. The molecule has 0 atom stereocenters. The van der Waals surface area contributed by atoms with Crippen LogP contribution in [0.5, 0.6) is 0 Å². The van der Waals surface area contributed by atoms with Gasteiger partial charge in [-0.2, -0.15) is 5.10 Å². The van der Waals surface area contributed by atoms with Crippen LogP contribution < -0.4 is 10.6 Å². The largest absolute Gasteiger partial charge is 0.376 e. The lowest BCUT2D eigenvalue weighted by Crippen LogP contribution is -2.49. The molecule has 2 heterocycles. The van der Waals surface area contributed by atoms with Gasteiger partial charge in [-0.3, -0.25) is 19.3 Å². The molecular weight excluding hydrogens is 466 g/mol. The zero-order valence-corrected chi connectivity index (χ0v) is 22.7. The van der Waals surface area contributed by atoms with E-state index in [2.05, 4.69) is 46.9 Å². The number of nitrogens with one attached hydrogen (secondary N) is 2. The van der Waals surface area contributed by atoms with Gasteiger partial charge in [0.1, 0.15) is 6.54 Å². The van der Waals surface area contributed by atoms with Crippen molar-refractivity contribution in [2.24, 2.45) is 7.05 Å². The highest BCUT2D eigenvalue weighted by Crippen LogP contribution is 2.26. The number of anilines is 1. The fourth-order valence-corrected chi connectivity index (χ4v) is 4.85.